The summed E-state index contributed by atoms with van der Waals surface area (Å²) in [4.78, 5) is 8.03. The van der Waals surface area contributed by atoms with Gasteiger partial charge in [-0.2, -0.15) is 0 Å². The Hall–Kier alpha value is -1.53. The molecule has 0 aliphatic heterocycles. The number of halogens is 2. The Morgan fingerprint density at radius 2 is 2.18 bits per heavy atom. The number of hydrogen-bond donors (Lipinski definition) is 1. The van der Waals surface area contributed by atoms with Gasteiger partial charge >= 0.3 is 0 Å². The van der Waals surface area contributed by atoms with Gasteiger partial charge in [-0.25, -0.2) is 9.37 Å². The molecule has 2 N–H and O–H groups in total. The molecule has 1 heterocycles. The summed E-state index contributed by atoms with van der Waals surface area (Å²) in [6.45, 7) is 0.272. The number of nitrogens with zero attached hydrogens (tertiary/aromatic N) is 2. The molecule has 0 aliphatic rings. The van der Waals surface area contributed by atoms with E-state index in [1.54, 1.807) is 12.3 Å². The van der Waals surface area contributed by atoms with Crippen molar-refractivity contribution in [3.63, 3.8) is 0 Å². The van der Waals surface area contributed by atoms with Crippen LogP contribution in [0.4, 0.5) is 4.39 Å². The Labute approximate surface area is 106 Å². The fourth-order valence-electron chi connectivity index (χ4n) is 1.20. The van der Waals surface area contributed by atoms with Crippen molar-refractivity contribution < 1.29 is 9.13 Å². The summed E-state index contributed by atoms with van der Waals surface area (Å²) in [6.07, 6.45) is 2.99. The van der Waals surface area contributed by atoms with Crippen LogP contribution in [0.15, 0.2) is 35.1 Å². The number of ether oxygens (including phenoxy) is 1. The molecule has 2 aromatic rings. The van der Waals surface area contributed by atoms with Gasteiger partial charge in [0.1, 0.15) is 11.6 Å². The lowest BCUT2D eigenvalue weighted by atomic mass is 10.3. The first kappa shape index (κ1) is 11.9. The first-order valence-corrected chi connectivity index (χ1v) is 5.62. The van der Waals surface area contributed by atoms with Crippen LogP contribution in [-0.4, -0.2) is 9.97 Å². The van der Waals surface area contributed by atoms with E-state index < -0.39 is 0 Å². The molecule has 88 valence electrons. The van der Waals surface area contributed by atoms with Crippen molar-refractivity contribution in [2.24, 2.45) is 5.73 Å². The summed E-state index contributed by atoms with van der Waals surface area (Å²) in [5.41, 5.74) is 6.05. The van der Waals surface area contributed by atoms with Crippen molar-refractivity contribution in [2.75, 3.05) is 0 Å². The second kappa shape index (κ2) is 5.20. The van der Waals surface area contributed by atoms with Crippen molar-refractivity contribution >= 4 is 15.9 Å². The Morgan fingerprint density at radius 1 is 1.35 bits per heavy atom. The number of hydrogen-bond acceptors (Lipinski definition) is 4. The summed E-state index contributed by atoms with van der Waals surface area (Å²) >= 11 is 3.26. The summed E-state index contributed by atoms with van der Waals surface area (Å²) < 4.78 is 19.1. The van der Waals surface area contributed by atoms with Crippen LogP contribution in [0.3, 0.4) is 0 Å². The smallest absolute Gasteiger partial charge is 0.238 e. The van der Waals surface area contributed by atoms with Crippen molar-refractivity contribution in [1.29, 1.82) is 0 Å². The highest BCUT2D eigenvalue weighted by Crippen LogP contribution is 2.29. The molecule has 4 nitrogen and oxygen atoms in total. The molecule has 6 heteroatoms. The molecule has 0 atom stereocenters. The maximum absolute atomic E-state index is 13.0. The third-order valence-electron chi connectivity index (χ3n) is 1.98. The van der Waals surface area contributed by atoms with E-state index >= 15 is 0 Å². The van der Waals surface area contributed by atoms with Gasteiger partial charge in [-0.1, -0.05) is 0 Å². The second-order valence-electron chi connectivity index (χ2n) is 3.23. The molecule has 1 aromatic heterocycles. The van der Waals surface area contributed by atoms with Crippen LogP contribution in [0.2, 0.25) is 0 Å². The summed E-state index contributed by atoms with van der Waals surface area (Å²) in [6, 6.07) is 4.16. The summed E-state index contributed by atoms with van der Waals surface area (Å²) in [5, 5.41) is 0. The normalized spacial score (nSPS) is 10.3. The molecule has 0 saturated heterocycles. The van der Waals surface area contributed by atoms with Crippen LogP contribution >= 0.6 is 15.9 Å². The monoisotopic (exact) mass is 297 g/mol. The van der Waals surface area contributed by atoms with Crippen molar-refractivity contribution in [1.82, 2.24) is 9.97 Å². The van der Waals surface area contributed by atoms with Crippen molar-refractivity contribution in [2.45, 2.75) is 6.54 Å². The molecule has 2 rings (SSSR count). The van der Waals surface area contributed by atoms with Crippen LogP contribution in [0.1, 0.15) is 5.69 Å². The average molecular weight is 298 g/mol. The minimum absolute atomic E-state index is 0.272. The predicted octanol–water partition coefficient (Wildman–Crippen LogP) is 2.63. The Morgan fingerprint density at radius 3 is 2.94 bits per heavy atom. The number of rotatable bonds is 3. The van der Waals surface area contributed by atoms with Crippen molar-refractivity contribution in [3.05, 3.63) is 46.6 Å². The third-order valence-corrected chi connectivity index (χ3v) is 2.63. The van der Waals surface area contributed by atoms with E-state index in [0.717, 1.165) is 0 Å². The first-order valence-electron chi connectivity index (χ1n) is 4.83. The van der Waals surface area contributed by atoms with Gasteiger partial charge in [0.15, 0.2) is 0 Å². The minimum Gasteiger partial charge on any atom is -0.436 e. The first-order chi connectivity index (χ1) is 8.19. The zero-order valence-corrected chi connectivity index (χ0v) is 10.3. The molecule has 0 aliphatic carbocycles. The molecular weight excluding hydrogens is 289 g/mol. The van der Waals surface area contributed by atoms with E-state index in [1.807, 2.05) is 0 Å². The molecule has 0 amide bonds. The Kier molecular flexibility index (Phi) is 3.65. The third kappa shape index (κ3) is 2.98. The minimum atomic E-state index is -0.383. The number of benzene rings is 1. The molecule has 0 saturated carbocycles. The van der Waals surface area contributed by atoms with Gasteiger partial charge < -0.3 is 10.5 Å². The molecule has 0 unspecified atom stereocenters. The van der Waals surface area contributed by atoms with Crippen LogP contribution in [0.5, 0.6) is 11.6 Å². The SMILES string of the molecule is NCc1cncc(Oc2cc(F)ccc2Br)n1. The van der Waals surface area contributed by atoms with E-state index in [4.69, 9.17) is 10.5 Å². The molecule has 0 spiro atoms. The Bertz CT molecular complexity index is 536. The zero-order chi connectivity index (χ0) is 12.3. The second-order valence-corrected chi connectivity index (χ2v) is 4.08. The van der Waals surface area contributed by atoms with Crippen LogP contribution in [0, 0.1) is 5.82 Å². The maximum Gasteiger partial charge on any atom is 0.238 e. The predicted molar refractivity (Wildman–Crippen MR) is 64.1 cm³/mol. The maximum atomic E-state index is 13.0. The molecule has 1 aromatic carbocycles. The van der Waals surface area contributed by atoms with E-state index in [0.29, 0.717) is 15.9 Å². The van der Waals surface area contributed by atoms with Crippen LogP contribution in [0.25, 0.3) is 0 Å². The number of aromatic nitrogens is 2. The summed E-state index contributed by atoms with van der Waals surface area (Å²) in [5.74, 6) is 0.235. The van der Waals surface area contributed by atoms with Gasteiger partial charge in [0, 0.05) is 18.8 Å². The van der Waals surface area contributed by atoms with Gasteiger partial charge in [-0.3, -0.25) is 4.98 Å². The Balaban J connectivity index is 2.27. The zero-order valence-electron chi connectivity index (χ0n) is 8.73. The van der Waals surface area contributed by atoms with Crippen LogP contribution < -0.4 is 10.5 Å². The van der Waals surface area contributed by atoms with Crippen molar-refractivity contribution in [3.8, 4) is 11.6 Å². The highest BCUT2D eigenvalue weighted by Gasteiger charge is 2.06. The number of nitrogens with two attached hydrogens (primary N) is 1. The van der Waals surface area contributed by atoms with Gasteiger partial charge in [-0.15, -0.1) is 0 Å². The quantitative estimate of drug-likeness (QED) is 0.946. The molecule has 0 bridgehead atoms. The lowest BCUT2D eigenvalue weighted by Crippen LogP contribution is -2.01. The molecule has 0 radical (unpaired) electrons. The van der Waals surface area contributed by atoms with E-state index in [1.165, 1.54) is 18.3 Å². The van der Waals surface area contributed by atoms with E-state index in [2.05, 4.69) is 25.9 Å². The van der Waals surface area contributed by atoms with E-state index in [-0.39, 0.29) is 18.2 Å². The standard InChI is InChI=1S/C11H9BrFN3O/c12-9-2-1-7(13)3-10(9)17-11-6-15-5-8(4-14)16-11/h1-3,5-6H,4,14H2. The highest BCUT2D eigenvalue weighted by atomic mass is 79.9. The van der Waals surface area contributed by atoms with Gasteiger partial charge in [0.05, 0.1) is 16.4 Å². The molecule has 0 fully saturated rings. The van der Waals surface area contributed by atoms with E-state index in [9.17, 15) is 4.39 Å². The summed E-state index contributed by atoms with van der Waals surface area (Å²) in [7, 11) is 0. The topological polar surface area (TPSA) is 61.0 Å². The van der Waals surface area contributed by atoms with Gasteiger partial charge in [-0.05, 0) is 28.1 Å². The lowest BCUT2D eigenvalue weighted by molar-refractivity contribution is 0.450. The fraction of sp³-hybridized carbons (Fsp3) is 0.0909. The molecule has 17 heavy (non-hydrogen) atoms. The fourth-order valence-corrected chi connectivity index (χ4v) is 1.53. The van der Waals surface area contributed by atoms with Gasteiger partial charge in [0.25, 0.3) is 0 Å². The highest BCUT2D eigenvalue weighted by molar-refractivity contribution is 9.10. The lowest BCUT2D eigenvalue weighted by Gasteiger charge is -2.07. The largest absolute Gasteiger partial charge is 0.436 e. The van der Waals surface area contributed by atoms with Crippen LogP contribution in [-0.2, 0) is 6.54 Å². The van der Waals surface area contributed by atoms with Gasteiger partial charge in [0.2, 0.25) is 5.88 Å². The molecular formula is C11H9BrFN3O. The average Bonchev–Trinajstić information content (AvgIpc) is 2.34.